The molecule has 3 aromatic rings. The molecule has 3 aromatic carbocycles. The molecule has 3 rings (SSSR count). The summed E-state index contributed by atoms with van der Waals surface area (Å²) in [6.45, 7) is 0. The van der Waals surface area contributed by atoms with Gasteiger partial charge in [0, 0.05) is 22.3 Å². The quantitative estimate of drug-likeness (QED) is 0.644. The maximum atomic E-state index is 13.1. The molecule has 24 heavy (non-hydrogen) atoms. The predicted molar refractivity (Wildman–Crippen MR) is 97.4 cm³/mol. The van der Waals surface area contributed by atoms with Crippen molar-refractivity contribution in [3.8, 4) is 5.75 Å². The molecular formula is C20H16ClNO2. The van der Waals surface area contributed by atoms with E-state index in [1.165, 1.54) is 0 Å². The topological polar surface area (TPSA) is 29.5 Å². The minimum absolute atomic E-state index is 0.119. The van der Waals surface area contributed by atoms with E-state index in [2.05, 4.69) is 0 Å². The van der Waals surface area contributed by atoms with Gasteiger partial charge in [-0.05, 0) is 48.5 Å². The number of hydrogen-bond acceptors (Lipinski definition) is 2. The van der Waals surface area contributed by atoms with E-state index in [1.807, 2.05) is 54.6 Å². The fourth-order valence-corrected chi connectivity index (χ4v) is 2.56. The number of methoxy groups -OCH3 is 1. The van der Waals surface area contributed by atoms with Gasteiger partial charge in [0.15, 0.2) is 0 Å². The molecule has 0 fully saturated rings. The Morgan fingerprint density at radius 3 is 2.25 bits per heavy atom. The second-order valence-electron chi connectivity index (χ2n) is 5.18. The van der Waals surface area contributed by atoms with Crippen LogP contribution in [0.15, 0.2) is 78.9 Å². The average Bonchev–Trinajstić information content (AvgIpc) is 2.64. The van der Waals surface area contributed by atoms with Crippen molar-refractivity contribution < 1.29 is 9.53 Å². The fourth-order valence-electron chi connectivity index (χ4n) is 2.43. The second-order valence-corrected chi connectivity index (χ2v) is 5.62. The van der Waals surface area contributed by atoms with Crippen LogP contribution >= 0.6 is 11.6 Å². The van der Waals surface area contributed by atoms with Crippen LogP contribution in [0.25, 0.3) is 0 Å². The molecule has 0 bridgehead atoms. The summed E-state index contributed by atoms with van der Waals surface area (Å²) in [5.41, 5.74) is 2.07. The van der Waals surface area contributed by atoms with E-state index in [0.717, 1.165) is 11.4 Å². The van der Waals surface area contributed by atoms with Crippen molar-refractivity contribution in [2.24, 2.45) is 0 Å². The molecule has 0 aliphatic heterocycles. The number of rotatable bonds is 4. The zero-order valence-corrected chi connectivity index (χ0v) is 13.9. The molecule has 0 radical (unpaired) electrons. The Morgan fingerprint density at radius 2 is 1.58 bits per heavy atom. The molecule has 3 nitrogen and oxygen atoms in total. The van der Waals surface area contributed by atoms with Crippen molar-refractivity contribution in [2.75, 3.05) is 12.0 Å². The summed E-state index contributed by atoms with van der Waals surface area (Å²) in [7, 11) is 1.60. The first kappa shape index (κ1) is 16.1. The minimum atomic E-state index is -0.119. The van der Waals surface area contributed by atoms with Gasteiger partial charge in [-0.25, -0.2) is 0 Å². The van der Waals surface area contributed by atoms with E-state index < -0.39 is 0 Å². The molecule has 120 valence electrons. The van der Waals surface area contributed by atoms with Crippen molar-refractivity contribution in [1.29, 1.82) is 0 Å². The molecule has 0 heterocycles. The van der Waals surface area contributed by atoms with Gasteiger partial charge in [-0.1, -0.05) is 35.9 Å². The predicted octanol–water partition coefficient (Wildman–Crippen LogP) is 5.33. The van der Waals surface area contributed by atoms with Crippen LogP contribution in [-0.4, -0.2) is 13.0 Å². The summed E-state index contributed by atoms with van der Waals surface area (Å²) in [4.78, 5) is 14.7. The van der Waals surface area contributed by atoms with Gasteiger partial charge >= 0.3 is 0 Å². The summed E-state index contributed by atoms with van der Waals surface area (Å²) < 4.78 is 5.29. The Hall–Kier alpha value is -2.78. The van der Waals surface area contributed by atoms with Crippen molar-refractivity contribution in [2.45, 2.75) is 0 Å². The van der Waals surface area contributed by atoms with Gasteiger partial charge in [-0.3, -0.25) is 9.69 Å². The molecular weight excluding hydrogens is 322 g/mol. The normalized spacial score (nSPS) is 10.2. The number of ether oxygens (including phenoxy) is 1. The monoisotopic (exact) mass is 337 g/mol. The first-order valence-corrected chi connectivity index (χ1v) is 7.86. The van der Waals surface area contributed by atoms with Crippen LogP contribution in [0, 0.1) is 0 Å². The van der Waals surface area contributed by atoms with Gasteiger partial charge < -0.3 is 4.74 Å². The highest BCUT2D eigenvalue weighted by Crippen LogP contribution is 2.30. The van der Waals surface area contributed by atoms with Gasteiger partial charge in [0.2, 0.25) is 0 Å². The molecule has 4 heteroatoms. The van der Waals surface area contributed by atoms with Crippen LogP contribution in [0.2, 0.25) is 5.02 Å². The summed E-state index contributed by atoms with van der Waals surface area (Å²) in [6, 6.07) is 23.7. The minimum Gasteiger partial charge on any atom is -0.497 e. The van der Waals surface area contributed by atoms with Gasteiger partial charge in [0.25, 0.3) is 5.91 Å². The summed E-state index contributed by atoms with van der Waals surface area (Å²) in [5, 5.41) is 0.622. The summed E-state index contributed by atoms with van der Waals surface area (Å²) >= 11 is 5.98. The SMILES string of the molecule is COc1cccc(N(C(=O)c2ccccc2)c2ccc(Cl)cc2)c1. The first-order chi connectivity index (χ1) is 11.7. The molecule has 0 saturated carbocycles. The zero-order valence-electron chi connectivity index (χ0n) is 13.1. The van der Waals surface area contributed by atoms with E-state index in [4.69, 9.17) is 16.3 Å². The van der Waals surface area contributed by atoms with Gasteiger partial charge in [-0.2, -0.15) is 0 Å². The lowest BCUT2D eigenvalue weighted by atomic mass is 10.1. The fraction of sp³-hybridized carbons (Fsp3) is 0.0500. The highest BCUT2D eigenvalue weighted by molar-refractivity contribution is 6.30. The van der Waals surface area contributed by atoms with Crippen LogP contribution in [0.3, 0.4) is 0 Å². The van der Waals surface area contributed by atoms with E-state index in [9.17, 15) is 4.79 Å². The number of benzene rings is 3. The maximum absolute atomic E-state index is 13.1. The molecule has 0 aromatic heterocycles. The highest BCUT2D eigenvalue weighted by atomic mass is 35.5. The third-order valence-corrected chi connectivity index (χ3v) is 3.87. The number of halogens is 1. The molecule has 0 unspecified atom stereocenters. The van der Waals surface area contributed by atoms with Gasteiger partial charge in [-0.15, -0.1) is 0 Å². The smallest absolute Gasteiger partial charge is 0.262 e. The molecule has 0 saturated heterocycles. The van der Waals surface area contributed by atoms with E-state index >= 15 is 0 Å². The van der Waals surface area contributed by atoms with E-state index in [1.54, 1.807) is 36.3 Å². The third-order valence-electron chi connectivity index (χ3n) is 3.62. The number of nitrogens with zero attached hydrogens (tertiary/aromatic N) is 1. The van der Waals surface area contributed by atoms with Crippen LogP contribution in [-0.2, 0) is 0 Å². The molecule has 0 aliphatic carbocycles. The summed E-state index contributed by atoms with van der Waals surface area (Å²) in [6.07, 6.45) is 0. The molecule has 0 N–H and O–H groups in total. The van der Waals surface area contributed by atoms with E-state index in [-0.39, 0.29) is 5.91 Å². The van der Waals surface area contributed by atoms with Gasteiger partial charge in [0.05, 0.1) is 12.8 Å². The summed E-state index contributed by atoms with van der Waals surface area (Å²) in [5.74, 6) is 0.568. The van der Waals surface area contributed by atoms with Crippen LogP contribution in [0.5, 0.6) is 5.75 Å². The second kappa shape index (κ2) is 7.20. The Morgan fingerprint density at radius 1 is 0.875 bits per heavy atom. The number of carbonyl (C=O) groups is 1. The molecule has 0 atom stereocenters. The largest absolute Gasteiger partial charge is 0.497 e. The zero-order chi connectivity index (χ0) is 16.9. The highest BCUT2D eigenvalue weighted by Gasteiger charge is 2.20. The third kappa shape index (κ3) is 3.42. The maximum Gasteiger partial charge on any atom is 0.262 e. The first-order valence-electron chi connectivity index (χ1n) is 7.48. The number of amides is 1. The molecule has 0 spiro atoms. The standard InChI is InChI=1S/C20H16ClNO2/c1-24-19-9-5-8-18(14-19)22(17-12-10-16(21)11-13-17)20(23)15-6-3-2-4-7-15/h2-14H,1H3. The molecule has 0 aliphatic rings. The Kier molecular flexibility index (Phi) is 4.82. The number of hydrogen-bond donors (Lipinski definition) is 0. The van der Waals surface area contributed by atoms with Crippen molar-refractivity contribution in [3.63, 3.8) is 0 Å². The average molecular weight is 338 g/mol. The lowest BCUT2D eigenvalue weighted by molar-refractivity contribution is 0.0999. The number of anilines is 2. The lowest BCUT2D eigenvalue weighted by Crippen LogP contribution is -2.25. The van der Waals surface area contributed by atoms with Crippen LogP contribution in [0.1, 0.15) is 10.4 Å². The van der Waals surface area contributed by atoms with Crippen molar-refractivity contribution in [3.05, 3.63) is 89.4 Å². The number of carbonyl (C=O) groups excluding carboxylic acids is 1. The Bertz CT molecular complexity index is 832. The molecule has 1 amide bonds. The van der Waals surface area contributed by atoms with E-state index in [0.29, 0.717) is 16.3 Å². The van der Waals surface area contributed by atoms with Crippen LogP contribution in [0.4, 0.5) is 11.4 Å². The van der Waals surface area contributed by atoms with Crippen molar-refractivity contribution in [1.82, 2.24) is 0 Å². The van der Waals surface area contributed by atoms with Crippen molar-refractivity contribution >= 4 is 28.9 Å². The Labute approximate surface area is 146 Å². The van der Waals surface area contributed by atoms with Gasteiger partial charge in [0.1, 0.15) is 5.75 Å². The lowest BCUT2D eigenvalue weighted by Gasteiger charge is -2.23. The Balaban J connectivity index is 2.10. The van der Waals surface area contributed by atoms with Crippen LogP contribution < -0.4 is 9.64 Å².